The van der Waals surface area contributed by atoms with Gasteiger partial charge in [-0.25, -0.2) is 0 Å². The first kappa shape index (κ1) is 9.71. The van der Waals surface area contributed by atoms with Gasteiger partial charge in [0.15, 0.2) is 0 Å². The van der Waals surface area contributed by atoms with Crippen LogP contribution in [0, 0.1) is 16.6 Å². The molecule has 0 bridgehead atoms. The third-order valence-electron chi connectivity index (χ3n) is 2.23. The van der Waals surface area contributed by atoms with Crippen LogP contribution in [0.5, 0.6) is 0 Å². The van der Waals surface area contributed by atoms with Crippen LogP contribution in [0.15, 0.2) is 42.5 Å². The van der Waals surface area contributed by atoms with Crippen LogP contribution in [0.3, 0.4) is 0 Å². The maximum Gasteiger partial charge on any atom is 0.0208 e. The van der Waals surface area contributed by atoms with Crippen molar-refractivity contribution >= 4 is 22.6 Å². The molecule has 0 aromatic heterocycles. The molecule has 0 saturated heterocycles. The molecule has 0 saturated carbocycles. The van der Waals surface area contributed by atoms with Crippen molar-refractivity contribution in [1.29, 1.82) is 0 Å². The zero-order valence-electron chi connectivity index (χ0n) is 7.92. The number of halogens is 1. The van der Waals surface area contributed by atoms with E-state index in [1.165, 1.54) is 20.3 Å². The molecule has 2 rings (SSSR count). The van der Waals surface area contributed by atoms with Gasteiger partial charge in [0.25, 0.3) is 0 Å². The van der Waals surface area contributed by atoms with Crippen molar-refractivity contribution in [3.63, 3.8) is 0 Å². The van der Waals surface area contributed by atoms with Crippen LogP contribution in [-0.2, 0) is 0 Å². The van der Waals surface area contributed by atoms with E-state index < -0.39 is 0 Å². The molecule has 1 radical (unpaired) electrons. The Hall–Kier alpha value is -0.830. The highest BCUT2D eigenvalue weighted by molar-refractivity contribution is 14.1. The third-order valence-corrected chi connectivity index (χ3v) is 3.18. The predicted octanol–water partition coefficient (Wildman–Crippen LogP) is 4.07. The summed E-state index contributed by atoms with van der Waals surface area (Å²) in [6.45, 7) is 2.12. The van der Waals surface area contributed by atoms with Crippen molar-refractivity contribution in [2.45, 2.75) is 6.92 Å². The maximum atomic E-state index is 3.09. The van der Waals surface area contributed by atoms with Crippen LogP contribution >= 0.6 is 22.6 Å². The molecule has 0 N–H and O–H groups in total. The van der Waals surface area contributed by atoms with Crippen LogP contribution in [0.25, 0.3) is 11.1 Å². The molecule has 1 heteroatoms. The lowest BCUT2D eigenvalue weighted by molar-refractivity contribution is 1.44. The van der Waals surface area contributed by atoms with Crippen molar-refractivity contribution in [1.82, 2.24) is 0 Å². The van der Waals surface area contributed by atoms with Gasteiger partial charge in [0, 0.05) is 3.57 Å². The van der Waals surface area contributed by atoms with E-state index in [4.69, 9.17) is 0 Å². The highest BCUT2D eigenvalue weighted by Crippen LogP contribution is 2.27. The van der Waals surface area contributed by atoms with Crippen LogP contribution in [0.1, 0.15) is 5.56 Å². The van der Waals surface area contributed by atoms with E-state index in [-0.39, 0.29) is 0 Å². The molecule has 0 nitrogen and oxygen atoms in total. The Morgan fingerprint density at radius 1 is 1.07 bits per heavy atom. The Morgan fingerprint density at radius 2 is 1.86 bits per heavy atom. The molecule has 2 aromatic rings. The Labute approximate surface area is 98.1 Å². The number of rotatable bonds is 1. The average Bonchev–Trinajstić information content (AvgIpc) is 2.20. The normalized spacial score (nSPS) is 10.1. The molecule has 0 spiro atoms. The fraction of sp³-hybridized carbons (Fsp3) is 0.0769. The largest absolute Gasteiger partial charge is 0.0616 e. The van der Waals surface area contributed by atoms with Crippen LogP contribution in [0.2, 0.25) is 0 Å². The summed E-state index contributed by atoms with van der Waals surface area (Å²) < 4.78 is 1.29. The zero-order chi connectivity index (χ0) is 9.97. The van der Waals surface area contributed by atoms with E-state index in [1.54, 1.807) is 0 Å². The molecule has 14 heavy (non-hydrogen) atoms. The summed E-state index contributed by atoms with van der Waals surface area (Å²) in [5, 5.41) is 0. The molecule has 0 heterocycles. The topological polar surface area (TPSA) is 0 Å². The van der Waals surface area contributed by atoms with E-state index in [0.29, 0.717) is 0 Å². The quantitative estimate of drug-likeness (QED) is 0.695. The van der Waals surface area contributed by atoms with Gasteiger partial charge in [0.1, 0.15) is 0 Å². The first-order valence-corrected chi connectivity index (χ1v) is 5.58. The molecule has 0 amide bonds. The van der Waals surface area contributed by atoms with Crippen LogP contribution in [-0.4, -0.2) is 0 Å². The Balaban J connectivity index is 2.61. The fourth-order valence-corrected chi connectivity index (χ4v) is 2.17. The minimum Gasteiger partial charge on any atom is -0.0616 e. The first-order chi connectivity index (χ1) is 6.79. The predicted molar refractivity (Wildman–Crippen MR) is 68.2 cm³/mol. The molecular weight excluding hydrogens is 283 g/mol. The number of benzene rings is 2. The summed E-state index contributed by atoms with van der Waals surface area (Å²) in [4.78, 5) is 0. The van der Waals surface area contributed by atoms with E-state index in [9.17, 15) is 0 Å². The van der Waals surface area contributed by atoms with Crippen LogP contribution in [0.4, 0.5) is 0 Å². The highest BCUT2D eigenvalue weighted by Gasteiger charge is 2.03. The van der Waals surface area contributed by atoms with E-state index >= 15 is 0 Å². The minimum absolute atomic E-state index is 1.27. The lowest BCUT2D eigenvalue weighted by Crippen LogP contribution is -1.85. The van der Waals surface area contributed by atoms with Crippen LogP contribution < -0.4 is 0 Å². The smallest absolute Gasteiger partial charge is 0.0208 e. The van der Waals surface area contributed by atoms with Crippen molar-refractivity contribution in [3.8, 4) is 11.1 Å². The third kappa shape index (κ3) is 1.82. The monoisotopic (exact) mass is 293 g/mol. The lowest BCUT2D eigenvalue weighted by Gasteiger charge is -2.07. The second-order valence-electron chi connectivity index (χ2n) is 3.22. The van der Waals surface area contributed by atoms with Gasteiger partial charge < -0.3 is 0 Å². The summed E-state index contributed by atoms with van der Waals surface area (Å²) in [5.41, 5.74) is 3.88. The van der Waals surface area contributed by atoms with E-state index in [2.05, 4.69) is 65.9 Å². The summed E-state index contributed by atoms with van der Waals surface area (Å²) in [6, 6.07) is 17.6. The second kappa shape index (κ2) is 4.13. The van der Waals surface area contributed by atoms with Crippen molar-refractivity contribution in [3.05, 3.63) is 57.7 Å². The van der Waals surface area contributed by atoms with Gasteiger partial charge in [-0.15, -0.1) is 0 Å². The van der Waals surface area contributed by atoms with Crippen molar-refractivity contribution in [2.75, 3.05) is 0 Å². The Bertz CT molecular complexity index is 403. The van der Waals surface area contributed by atoms with Gasteiger partial charge in [-0.2, -0.15) is 0 Å². The summed E-state index contributed by atoms with van der Waals surface area (Å²) in [6.07, 6.45) is 0. The Morgan fingerprint density at radius 3 is 2.57 bits per heavy atom. The molecule has 0 atom stereocenters. The summed E-state index contributed by atoms with van der Waals surface area (Å²) in [7, 11) is 0. The highest BCUT2D eigenvalue weighted by atomic mass is 127. The number of hydrogen-bond acceptors (Lipinski definition) is 0. The molecule has 0 aliphatic heterocycles. The molecule has 0 aliphatic rings. The molecule has 69 valence electrons. The van der Waals surface area contributed by atoms with Gasteiger partial charge in [-0.05, 0) is 58.3 Å². The lowest BCUT2D eigenvalue weighted by atomic mass is 10.0. The molecular formula is C13H10I. The summed E-state index contributed by atoms with van der Waals surface area (Å²) in [5.74, 6) is 0. The molecule has 0 fully saturated rings. The average molecular weight is 293 g/mol. The molecule has 0 aliphatic carbocycles. The summed E-state index contributed by atoms with van der Waals surface area (Å²) >= 11 is 2.37. The fourth-order valence-electron chi connectivity index (χ4n) is 1.50. The SMILES string of the molecule is Cc1c[c]ccc1-c1ccccc1I. The van der Waals surface area contributed by atoms with E-state index in [0.717, 1.165) is 0 Å². The van der Waals surface area contributed by atoms with Gasteiger partial charge in [0.2, 0.25) is 0 Å². The number of aryl methyl sites for hydroxylation is 1. The standard InChI is InChI=1S/C13H10I/c1-10-6-2-3-7-11(10)12-8-4-5-9-13(12)14/h3-9H,1H3. The maximum absolute atomic E-state index is 3.09. The first-order valence-electron chi connectivity index (χ1n) is 4.50. The molecule has 0 unspecified atom stereocenters. The van der Waals surface area contributed by atoms with E-state index in [1.807, 2.05) is 12.1 Å². The Kier molecular flexibility index (Phi) is 2.87. The molecule has 2 aromatic carbocycles. The van der Waals surface area contributed by atoms with Gasteiger partial charge >= 0.3 is 0 Å². The number of hydrogen-bond donors (Lipinski definition) is 0. The second-order valence-corrected chi connectivity index (χ2v) is 4.38. The zero-order valence-corrected chi connectivity index (χ0v) is 10.1. The van der Waals surface area contributed by atoms with Crippen molar-refractivity contribution in [2.24, 2.45) is 0 Å². The minimum atomic E-state index is 1.27. The van der Waals surface area contributed by atoms with Crippen molar-refractivity contribution < 1.29 is 0 Å². The van der Waals surface area contributed by atoms with Gasteiger partial charge in [0.05, 0.1) is 0 Å². The van der Waals surface area contributed by atoms with Gasteiger partial charge in [-0.3, -0.25) is 0 Å². The van der Waals surface area contributed by atoms with Gasteiger partial charge in [-0.1, -0.05) is 36.4 Å².